The van der Waals surface area contributed by atoms with Crippen LogP contribution < -0.4 is 4.90 Å². The molecule has 2 heterocycles. The molecule has 0 saturated carbocycles. The Bertz CT molecular complexity index is 621. The first-order valence-electron chi connectivity index (χ1n) is 6.65. The Morgan fingerprint density at radius 3 is 2.85 bits per heavy atom. The van der Waals surface area contributed by atoms with Crippen molar-refractivity contribution in [2.24, 2.45) is 0 Å². The Balaban J connectivity index is 1.84. The smallest absolute Gasteiger partial charge is 0.146 e. The van der Waals surface area contributed by atoms with Crippen LogP contribution in [0.3, 0.4) is 0 Å². The van der Waals surface area contributed by atoms with Gasteiger partial charge in [0.1, 0.15) is 18.0 Å². The number of rotatable bonds is 2. The van der Waals surface area contributed by atoms with Crippen molar-refractivity contribution in [3.63, 3.8) is 0 Å². The Labute approximate surface area is 118 Å². The molecule has 0 spiro atoms. The van der Waals surface area contributed by atoms with Crippen molar-refractivity contribution >= 4 is 5.82 Å². The monoisotopic (exact) mass is 265 g/mol. The first-order chi connectivity index (χ1) is 9.88. The van der Waals surface area contributed by atoms with E-state index in [9.17, 15) is 5.26 Å². The van der Waals surface area contributed by atoms with E-state index < -0.39 is 0 Å². The maximum atomic E-state index is 9.18. The molecule has 1 aliphatic heterocycles. The molecule has 4 heteroatoms. The summed E-state index contributed by atoms with van der Waals surface area (Å²) in [6.45, 7) is 2.12. The van der Waals surface area contributed by atoms with Gasteiger partial charge in [-0.15, -0.1) is 0 Å². The Hall–Kier alpha value is -2.38. The molecule has 1 fully saturated rings. The van der Waals surface area contributed by atoms with Gasteiger partial charge in [0.15, 0.2) is 0 Å². The minimum absolute atomic E-state index is 0.0264. The van der Waals surface area contributed by atoms with E-state index in [0.29, 0.717) is 12.2 Å². The highest BCUT2D eigenvalue weighted by Crippen LogP contribution is 2.26. The second-order valence-electron chi connectivity index (χ2n) is 4.70. The molecule has 1 aliphatic rings. The summed E-state index contributed by atoms with van der Waals surface area (Å²) in [4.78, 5) is 6.47. The van der Waals surface area contributed by atoms with E-state index in [1.54, 1.807) is 18.3 Å². The Kier molecular flexibility index (Phi) is 3.62. The van der Waals surface area contributed by atoms with Crippen molar-refractivity contribution in [1.29, 1.82) is 5.26 Å². The van der Waals surface area contributed by atoms with E-state index in [0.717, 1.165) is 24.5 Å². The van der Waals surface area contributed by atoms with Gasteiger partial charge in [-0.3, -0.25) is 0 Å². The summed E-state index contributed by atoms with van der Waals surface area (Å²) in [7, 11) is 0. The average molecular weight is 265 g/mol. The summed E-state index contributed by atoms with van der Waals surface area (Å²) in [6, 6.07) is 15.9. The summed E-state index contributed by atoms with van der Waals surface area (Å²) >= 11 is 0. The molecule has 1 aromatic carbocycles. The molecular formula is C16H15N3O. The molecule has 0 N–H and O–H groups in total. The van der Waals surface area contributed by atoms with Crippen LogP contribution in [0.15, 0.2) is 48.7 Å². The first kappa shape index (κ1) is 12.6. The number of benzene rings is 1. The lowest BCUT2D eigenvalue weighted by molar-refractivity contribution is 0.0395. The molecule has 0 aliphatic carbocycles. The molecule has 0 amide bonds. The van der Waals surface area contributed by atoms with Crippen molar-refractivity contribution in [2.75, 3.05) is 24.6 Å². The lowest BCUT2D eigenvalue weighted by atomic mass is 10.1. The zero-order valence-corrected chi connectivity index (χ0v) is 11.1. The topological polar surface area (TPSA) is 49.2 Å². The number of ether oxygens (including phenoxy) is 1. The molecule has 0 bridgehead atoms. The Morgan fingerprint density at radius 1 is 1.20 bits per heavy atom. The molecule has 20 heavy (non-hydrogen) atoms. The van der Waals surface area contributed by atoms with Crippen LogP contribution in [0.5, 0.6) is 0 Å². The van der Waals surface area contributed by atoms with Gasteiger partial charge in [-0.2, -0.15) is 5.26 Å². The van der Waals surface area contributed by atoms with Gasteiger partial charge < -0.3 is 9.64 Å². The highest BCUT2D eigenvalue weighted by Gasteiger charge is 2.24. The minimum atomic E-state index is 0.0264. The normalized spacial score (nSPS) is 18.6. The van der Waals surface area contributed by atoms with Crippen LogP contribution >= 0.6 is 0 Å². The van der Waals surface area contributed by atoms with Crippen molar-refractivity contribution < 1.29 is 4.74 Å². The number of pyridine rings is 1. The lowest BCUT2D eigenvalue weighted by Crippen LogP contribution is -2.39. The predicted octanol–water partition coefficient (Wildman–Crippen LogP) is 2.53. The fraction of sp³-hybridized carbons (Fsp3) is 0.250. The summed E-state index contributed by atoms with van der Waals surface area (Å²) in [5, 5.41) is 9.18. The number of anilines is 1. The highest BCUT2D eigenvalue weighted by atomic mass is 16.5. The van der Waals surface area contributed by atoms with Crippen LogP contribution in [-0.2, 0) is 4.74 Å². The Morgan fingerprint density at radius 2 is 2.05 bits per heavy atom. The molecule has 4 nitrogen and oxygen atoms in total. The molecule has 1 saturated heterocycles. The standard InChI is InChI=1S/C16H15N3O/c17-11-14-7-4-8-18-16(14)19-9-10-20-15(12-19)13-5-2-1-3-6-13/h1-8,15H,9-10,12H2/t15-/m1/s1. The van der Waals surface area contributed by atoms with E-state index in [-0.39, 0.29) is 6.10 Å². The maximum Gasteiger partial charge on any atom is 0.146 e. The van der Waals surface area contributed by atoms with Crippen molar-refractivity contribution in [3.8, 4) is 6.07 Å². The third kappa shape index (κ3) is 2.49. The maximum absolute atomic E-state index is 9.18. The molecule has 1 aromatic heterocycles. The number of nitrogens with zero attached hydrogens (tertiary/aromatic N) is 3. The van der Waals surface area contributed by atoms with Gasteiger partial charge in [-0.05, 0) is 17.7 Å². The zero-order valence-electron chi connectivity index (χ0n) is 11.1. The van der Waals surface area contributed by atoms with Crippen LogP contribution in [0.4, 0.5) is 5.82 Å². The number of nitriles is 1. The van der Waals surface area contributed by atoms with Crippen LogP contribution in [0, 0.1) is 11.3 Å². The van der Waals surface area contributed by atoms with Crippen LogP contribution in [0.1, 0.15) is 17.2 Å². The van der Waals surface area contributed by atoms with Gasteiger partial charge in [-0.1, -0.05) is 30.3 Å². The minimum Gasteiger partial charge on any atom is -0.370 e. The highest BCUT2D eigenvalue weighted by molar-refractivity contribution is 5.53. The number of hydrogen-bond donors (Lipinski definition) is 0. The summed E-state index contributed by atoms with van der Waals surface area (Å²) in [5.74, 6) is 0.749. The third-order valence-electron chi connectivity index (χ3n) is 3.44. The molecule has 3 rings (SSSR count). The van der Waals surface area contributed by atoms with Gasteiger partial charge >= 0.3 is 0 Å². The van der Waals surface area contributed by atoms with Gasteiger partial charge in [0.25, 0.3) is 0 Å². The van der Waals surface area contributed by atoms with Crippen LogP contribution in [-0.4, -0.2) is 24.7 Å². The average Bonchev–Trinajstić information content (AvgIpc) is 2.56. The lowest BCUT2D eigenvalue weighted by Gasteiger charge is -2.34. The third-order valence-corrected chi connectivity index (χ3v) is 3.44. The van der Waals surface area contributed by atoms with Crippen LogP contribution in [0.25, 0.3) is 0 Å². The van der Waals surface area contributed by atoms with E-state index in [4.69, 9.17) is 4.74 Å². The number of aromatic nitrogens is 1. The first-order valence-corrected chi connectivity index (χ1v) is 6.65. The summed E-state index contributed by atoms with van der Waals surface area (Å²) in [6.07, 6.45) is 1.75. The fourth-order valence-corrected chi connectivity index (χ4v) is 2.45. The van der Waals surface area contributed by atoms with E-state index in [2.05, 4.69) is 28.1 Å². The number of hydrogen-bond acceptors (Lipinski definition) is 4. The summed E-state index contributed by atoms with van der Waals surface area (Å²) < 4.78 is 5.84. The van der Waals surface area contributed by atoms with Crippen molar-refractivity contribution in [2.45, 2.75) is 6.10 Å². The van der Waals surface area contributed by atoms with Crippen molar-refractivity contribution in [1.82, 2.24) is 4.98 Å². The molecule has 1 atom stereocenters. The quantitative estimate of drug-likeness (QED) is 0.837. The SMILES string of the molecule is N#Cc1cccnc1N1CCO[C@@H](c2ccccc2)C1. The van der Waals surface area contributed by atoms with Crippen molar-refractivity contribution in [3.05, 3.63) is 59.8 Å². The summed E-state index contributed by atoms with van der Waals surface area (Å²) in [5.41, 5.74) is 1.77. The van der Waals surface area contributed by atoms with Crippen LogP contribution in [0.2, 0.25) is 0 Å². The second-order valence-corrected chi connectivity index (χ2v) is 4.70. The molecular weight excluding hydrogens is 250 g/mol. The van der Waals surface area contributed by atoms with E-state index in [1.807, 2.05) is 18.2 Å². The molecule has 100 valence electrons. The molecule has 0 unspecified atom stereocenters. The van der Waals surface area contributed by atoms with E-state index in [1.165, 1.54) is 0 Å². The number of morpholine rings is 1. The largest absolute Gasteiger partial charge is 0.370 e. The van der Waals surface area contributed by atoms with Gasteiger partial charge in [0, 0.05) is 19.3 Å². The van der Waals surface area contributed by atoms with Gasteiger partial charge in [0.2, 0.25) is 0 Å². The van der Waals surface area contributed by atoms with E-state index >= 15 is 0 Å². The van der Waals surface area contributed by atoms with Gasteiger partial charge in [-0.25, -0.2) is 4.98 Å². The molecule has 0 radical (unpaired) electrons. The van der Waals surface area contributed by atoms with Gasteiger partial charge in [0.05, 0.1) is 12.2 Å². The molecule has 2 aromatic rings. The second kappa shape index (κ2) is 5.72. The predicted molar refractivity (Wildman–Crippen MR) is 76.3 cm³/mol. The zero-order chi connectivity index (χ0) is 13.8. The fourth-order valence-electron chi connectivity index (χ4n) is 2.45.